The molecule has 2 heteroatoms. The number of rotatable bonds is 4. The summed E-state index contributed by atoms with van der Waals surface area (Å²) >= 11 is 5.59. The lowest BCUT2D eigenvalue weighted by Gasteiger charge is -2.05. The third kappa shape index (κ3) is 3.34. The summed E-state index contributed by atoms with van der Waals surface area (Å²) in [4.78, 5) is 0. The summed E-state index contributed by atoms with van der Waals surface area (Å²) in [6.45, 7) is 2.80. The molecule has 0 atom stereocenters. The number of ether oxygens (including phenoxy) is 1. The molecule has 0 aliphatic rings. The number of hydrogen-bond donors (Lipinski definition) is 0. The summed E-state index contributed by atoms with van der Waals surface area (Å²) in [5, 5.41) is 0. The molecular formula is C13H13ClO. The van der Waals surface area contributed by atoms with Crippen molar-refractivity contribution in [3.63, 3.8) is 0 Å². The van der Waals surface area contributed by atoms with Crippen molar-refractivity contribution < 1.29 is 4.74 Å². The van der Waals surface area contributed by atoms with E-state index in [1.807, 2.05) is 24.3 Å². The van der Waals surface area contributed by atoms with Crippen LogP contribution in [0, 0.1) is 12.3 Å². The molecule has 0 saturated carbocycles. The molecule has 0 radical (unpaired) electrons. The van der Waals surface area contributed by atoms with Gasteiger partial charge in [0, 0.05) is 11.1 Å². The van der Waals surface area contributed by atoms with Gasteiger partial charge in [0.1, 0.15) is 5.75 Å². The van der Waals surface area contributed by atoms with Gasteiger partial charge < -0.3 is 4.74 Å². The van der Waals surface area contributed by atoms with Crippen LogP contribution in [0.3, 0.4) is 0 Å². The Morgan fingerprint density at radius 3 is 2.60 bits per heavy atom. The van der Waals surface area contributed by atoms with Crippen LogP contribution in [0.15, 0.2) is 29.8 Å². The van der Waals surface area contributed by atoms with Crippen molar-refractivity contribution >= 4 is 17.2 Å². The number of benzene rings is 1. The molecule has 1 aromatic rings. The average molecular weight is 221 g/mol. The maximum Gasteiger partial charge on any atom is 0.119 e. The predicted octanol–water partition coefficient (Wildman–Crippen LogP) is 3.69. The highest BCUT2D eigenvalue weighted by Gasteiger charge is 1.98. The Kier molecular flexibility index (Phi) is 4.80. The Bertz CT molecular complexity index is 371. The highest BCUT2D eigenvalue weighted by atomic mass is 35.5. The van der Waals surface area contributed by atoms with Gasteiger partial charge in [-0.15, -0.1) is 6.42 Å². The zero-order valence-corrected chi connectivity index (χ0v) is 9.42. The normalized spacial score (nSPS) is 10.9. The first-order valence-electron chi connectivity index (χ1n) is 4.82. The molecule has 0 spiro atoms. The Balaban J connectivity index is 2.77. The third-order valence-electron chi connectivity index (χ3n) is 1.90. The Morgan fingerprint density at radius 2 is 2.13 bits per heavy atom. The molecule has 0 unspecified atom stereocenters. The van der Waals surface area contributed by atoms with Gasteiger partial charge in [-0.25, -0.2) is 0 Å². The van der Waals surface area contributed by atoms with E-state index < -0.39 is 0 Å². The van der Waals surface area contributed by atoms with E-state index in [9.17, 15) is 0 Å². The molecule has 0 fully saturated rings. The fourth-order valence-electron chi connectivity index (χ4n) is 1.13. The van der Waals surface area contributed by atoms with Crippen molar-refractivity contribution in [2.75, 3.05) is 6.61 Å². The van der Waals surface area contributed by atoms with Gasteiger partial charge in [-0.2, -0.15) is 0 Å². The molecule has 1 nitrogen and oxygen atoms in total. The summed E-state index contributed by atoms with van der Waals surface area (Å²) in [6, 6.07) is 7.59. The summed E-state index contributed by atoms with van der Waals surface area (Å²) in [6.07, 6.45) is 6.30. The van der Waals surface area contributed by atoms with Gasteiger partial charge >= 0.3 is 0 Å². The Hall–Kier alpha value is -1.39. The molecule has 78 valence electrons. The molecule has 0 aromatic heterocycles. The van der Waals surface area contributed by atoms with Gasteiger partial charge in [0.05, 0.1) is 6.61 Å². The molecule has 0 N–H and O–H groups in total. The van der Waals surface area contributed by atoms with Crippen LogP contribution in [-0.2, 0) is 0 Å². The fraction of sp³-hybridized carbons (Fsp3) is 0.231. The van der Waals surface area contributed by atoms with Crippen molar-refractivity contribution in [2.24, 2.45) is 0 Å². The van der Waals surface area contributed by atoms with Gasteiger partial charge in [0.25, 0.3) is 0 Å². The molecule has 0 amide bonds. The average Bonchev–Trinajstić information content (AvgIpc) is 2.29. The molecule has 1 aromatic carbocycles. The van der Waals surface area contributed by atoms with E-state index >= 15 is 0 Å². The molecule has 0 aliphatic heterocycles. The lowest BCUT2D eigenvalue weighted by atomic mass is 10.1. The van der Waals surface area contributed by atoms with E-state index in [-0.39, 0.29) is 0 Å². The van der Waals surface area contributed by atoms with Crippen LogP contribution in [0.5, 0.6) is 5.75 Å². The van der Waals surface area contributed by atoms with E-state index in [1.54, 1.807) is 0 Å². The maximum atomic E-state index is 5.59. The topological polar surface area (TPSA) is 9.23 Å². The van der Waals surface area contributed by atoms with Crippen LogP contribution in [0.4, 0.5) is 0 Å². The largest absolute Gasteiger partial charge is 0.494 e. The third-order valence-corrected chi connectivity index (χ3v) is 2.12. The van der Waals surface area contributed by atoms with Crippen LogP contribution >= 0.6 is 11.6 Å². The molecule has 0 saturated heterocycles. The number of allylic oxidation sites excluding steroid dienone is 1. The van der Waals surface area contributed by atoms with E-state index in [1.165, 1.54) is 5.54 Å². The first-order chi connectivity index (χ1) is 7.31. The van der Waals surface area contributed by atoms with Gasteiger partial charge in [0.15, 0.2) is 0 Å². The second-order valence-corrected chi connectivity index (χ2v) is 3.26. The highest BCUT2D eigenvalue weighted by Crippen LogP contribution is 2.18. The van der Waals surface area contributed by atoms with Gasteiger partial charge in [0.2, 0.25) is 0 Å². The minimum absolute atomic E-state index is 0.679. The SMILES string of the molecule is C#C/C(=C/Cl)c1ccc(OCCC)cc1. The standard InChI is InChI=1S/C13H13ClO/c1-3-9-15-13-7-5-12(6-8-13)11(4-2)10-14/h2,5-8,10H,3,9H2,1H3/b11-10-. The lowest BCUT2D eigenvalue weighted by Crippen LogP contribution is -1.94. The van der Waals surface area contributed by atoms with Crippen LogP contribution in [0.1, 0.15) is 18.9 Å². The predicted molar refractivity (Wildman–Crippen MR) is 64.9 cm³/mol. The van der Waals surface area contributed by atoms with Gasteiger partial charge in [-0.1, -0.05) is 36.6 Å². The van der Waals surface area contributed by atoms with E-state index in [2.05, 4.69) is 12.8 Å². The Labute approximate surface area is 95.7 Å². The molecule has 1 rings (SSSR count). The van der Waals surface area contributed by atoms with Crippen molar-refractivity contribution in [1.29, 1.82) is 0 Å². The number of halogens is 1. The lowest BCUT2D eigenvalue weighted by molar-refractivity contribution is 0.317. The van der Waals surface area contributed by atoms with E-state index in [4.69, 9.17) is 22.8 Å². The van der Waals surface area contributed by atoms with Crippen LogP contribution in [-0.4, -0.2) is 6.61 Å². The zero-order chi connectivity index (χ0) is 11.1. The molecule has 0 bridgehead atoms. The molecule has 0 heterocycles. The number of hydrogen-bond acceptors (Lipinski definition) is 1. The highest BCUT2D eigenvalue weighted by molar-refractivity contribution is 6.29. The van der Waals surface area contributed by atoms with Gasteiger partial charge in [-0.05, 0) is 24.1 Å². The van der Waals surface area contributed by atoms with Crippen molar-refractivity contribution in [3.05, 3.63) is 35.4 Å². The monoisotopic (exact) mass is 220 g/mol. The molecule has 0 aliphatic carbocycles. The zero-order valence-electron chi connectivity index (χ0n) is 8.66. The first kappa shape index (κ1) is 11.7. The minimum Gasteiger partial charge on any atom is -0.494 e. The maximum absolute atomic E-state index is 5.59. The van der Waals surface area contributed by atoms with Crippen molar-refractivity contribution in [2.45, 2.75) is 13.3 Å². The summed E-state index contributed by atoms with van der Waals surface area (Å²) < 4.78 is 5.45. The van der Waals surface area contributed by atoms with Crippen molar-refractivity contribution in [3.8, 4) is 18.1 Å². The number of terminal acetylenes is 1. The van der Waals surface area contributed by atoms with E-state index in [0.29, 0.717) is 5.57 Å². The molecule has 15 heavy (non-hydrogen) atoms. The van der Waals surface area contributed by atoms with Crippen LogP contribution in [0.2, 0.25) is 0 Å². The van der Waals surface area contributed by atoms with E-state index in [0.717, 1.165) is 24.3 Å². The summed E-state index contributed by atoms with van der Waals surface area (Å²) in [7, 11) is 0. The van der Waals surface area contributed by atoms with Crippen LogP contribution < -0.4 is 4.74 Å². The van der Waals surface area contributed by atoms with Gasteiger partial charge in [-0.3, -0.25) is 0 Å². The molecular weight excluding hydrogens is 208 g/mol. The van der Waals surface area contributed by atoms with Crippen LogP contribution in [0.25, 0.3) is 5.57 Å². The fourth-order valence-corrected chi connectivity index (χ4v) is 1.32. The second-order valence-electron chi connectivity index (χ2n) is 3.04. The quantitative estimate of drug-likeness (QED) is 0.704. The first-order valence-corrected chi connectivity index (χ1v) is 5.25. The summed E-state index contributed by atoms with van der Waals surface area (Å²) in [5.74, 6) is 3.37. The Morgan fingerprint density at radius 1 is 1.47 bits per heavy atom. The second kappa shape index (κ2) is 6.16. The van der Waals surface area contributed by atoms with Crippen molar-refractivity contribution in [1.82, 2.24) is 0 Å². The minimum atomic E-state index is 0.679. The smallest absolute Gasteiger partial charge is 0.119 e. The summed E-state index contributed by atoms with van der Waals surface area (Å²) in [5.41, 5.74) is 3.01.